The van der Waals surface area contributed by atoms with Gasteiger partial charge in [0.1, 0.15) is 0 Å². The lowest BCUT2D eigenvalue weighted by atomic mass is 10.1. The number of H-pyrrole nitrogens is 2. The number of hydrogen-bond acceptors (Lipinski definition) is 3. The van der Waals surface area contributed by atoms with E-state index < -0.39 is 0 Å². The fourth-order valence-corrected chi connectivity index (χ4v) is 2.04. The van der Waals surface area contributed by atoms with Gasteiger partial charge in [-0.2, -0.15) is 0 Å². The summed E-state index contributed by atoms with van der Waals surface area (Å²) in [4.78, 5) is 16.4. The van der Waals surface area contributed by atoms with E-state index in [1.54, 1.807) is 6.20 Å². The van der Waals surface area contributed by atoms with Crippen LogP contribution in [0, 0.1) is 0 Å². The van der Waals surface area contributed by atoms with Gasteiger partial charge in [0.2, 0.25) is 0 Å². The van der Waals surface area contributed by atoms with Gasteiger partial charge in [0.15, 0.2) is 11.5 Å². The molecule has 1 aromatic carbocycles. The molecule has 2 N–H and O–H groups in total. The van der Waals surface area contributed by atoms with Crippen molar-refractivity contribution in [2.75, 3.05) is 13.2 Å². The van der Waals surface area contributed by atoms with Gasteiger partial charge >= 0.3 is 5.69 Å². The lowest BCUT2D eigenvalue weighted by Crippen LogP contribution is -2.02. The number of hydrogen-bond donors (Lipinski definition) is 2. The summed E-state index contributed by atoms with van der Waals surface area (Å²) in [6, 6.07) is 5.96. The number of aromatic nitrogens is 2. The molecule has 1 aromatic heterocycles. The zero-order chi connectivity index (χ0) is 14.4. The molecule has 0 atom stereocenters. The van der Waals surface area contributed by atoms with Gasteiger partial charge in [0, 0.05) is 11.9 Å². The molecule has 0 aliphatic carbocycles. The second-order valence-corrected chi connectivity index (χ2v) is 4.42. The molecule has 0 saturated carbocycles. The van der Waals surface area contributed by atoms with Crippen molar-refractivity contribution in [3.05, 3.63) is 46.1 Å². The molecule has 0 spiro atoms. The summed E-state index contributed by atoms with van der Waals surface area (Å²) in [7, 11) is 0. The number of aromatic amines is 2. The molecule has 2 aromatic rings. The molecule has 0 bridgehead atoms. The molecule has 5 nitrogen and oxygen atoms in total. The predicted molar refractivity (Wildman–Crippen MR) is 77.6 cm³/mol. The molecular formula is C15H20N2O3. The summed E-state index contributed by atoms with van der Waals surface area (Å²) >= 11 is 0. The standard InChI is InChI=1S/C15H20N2O3/c1-3-19-13-8-6-11(9-14(13)20-4-2)5-7-12-10-16-15(18)17-12/h6,8-10H,3-5,7H2,1-2H3,(H2,16,17,18). The van der Waals surface area contributed by atoms with Crippen LogP contribution in [0.1, 0.15) is 25.1 Å². The van der Waals surface area contributed by atoms with Gasteiger partial charge in [-0.3, -0.25) is 0 Å². The van der Waals surface area contributed by atoms with Gasteiger partial charge in [0.25, 0.3) is 0 Å². The maximum absolute atomic E-state index is 11.0. The highest BCUT2D eigenvalue weighted by molar-refractivity contribution is 5.43. The van der Waals surface area contributed by atoms with Crippen molar-refractivity contribution < 1.29 is 9.47 Å². The molecule has 0 amide bonds. The van der Waals surface area contributed by atoms with E-state index in [0.29, 0.717) is 13.2 Å². The Labute approximate surface area is 117 Å². The molecule has 0 radical (unpaired) electrons. The third-order valence-electron chi connectivity index (χ3n) is 2.94. The quantitative estimate of drug-likeness (QED) is 0.815. The Morgan fingerprint density at radius 2 is 1.80 bits per heavy atom. The zero-order valence-electron chi connectivity index (χ0n) is 11.9. The molecule has 0 aliphatic rings. The minimum Gasteiger partial charge on any atom is -0.490 e. The van der Waals surface area contributed by atoms with Crippen LogP contribution in [0.5, 0.6) is 11.5 Å². The van der Waals surface area contributed by atoms with Crippen molar-refractivity contribution in [2.24, 2.45) is 0 Å². The maximum atomic E-state index is 11.0. The van der Waals surface area contributed by atoms with Crippen LogP contribution in [-0.4, -0.2) is 23.2 Å². The Balaban J connectivity index is 2.07. The second kappa shape index (κ2) is 6.84. The van der Waals surface area contributed by atoms with Crippen LogP contribution in [-0.2, 0) is 12.8 Å². The van der Waals surface area contributed by atoms with Gasteiger partial charge < -0.3 is 19.4 Å². The van der Waals surface area contributed by atoms with Gasteiger partial charge in [-0.1, -0.05) is 6.07 Å². The van der Waals surface area contributed by atoms with Crippen LogP contribution in [0.3, 0.4) is 0 Å². The van der Waals surface area contributed by atoms with Crippen LogP contribution < -0.4 is 15.2 Å². The molecular weight excluding hydrogens is 256 g/mol. The summed E-state index contributed by atoms with van der Waals surface area (Å²) in [5.41, 5.74) is 1.89. The highest BCUT2D eigenvalue weighted by atomic mass is 16.5. The number of ether oxygens (including phenoxy) is 2. The van der Waals surface area contributed by atoms with Crippen molar-refractivity contribution in [2.45, 2.75) is 26.7 Å². The fourth-order valence-electron chi connectivity index (χ4n) is 2.04. The minimum atomic E-state index is -0.165. The van der Waals surface area contributed by atoms with E-state index >= 15 is 0 Å². The largest absolute Gasteiger partial charge is 0.490 e. The third kappa shape index (κ3) is 3.66. The Morgan fingerprint density at radius 1 is 1.05 bits per heavy atom. The van der Waals surface area contributed by atoms with Crippen molar-refractivity contribution in [3.8, 4) is 11.5 Å². The third-order valence-corrected chi connectivity index (χ3v) is 2.94. The molecule has 0 aliphatic heterocycles. The lowest BCUT2D eigenvalue weighted by molar-refractivity contribution is 0.287. The first-order chi connectivity index (χ1) is 9.72. The highest BCUT2D eigenvalue weighted by Crippen LogP contribution is 2.28. The summed E-state index contributed by atoms with van der Waals surface area (Å²) < 4.78 is 11.1. The van der Waals surface area contributed by atoms with Crippen LogP contribution in [0.15, 0.2) is 29.2 Å². The Bertz CT molecular complexity index is 601. The SMILES string of the molecule is CCOc1ccc(CCc2c[nH]c(=O)[nH]2)cc1OCC. The normalized spacial score (nSPS) is 10.5. The molecule has 2 rings (SSSR count). The number of benzene rings is 1. The number of rotatable bonds is 7. The number of aryl methyl sites for hydroxylation is 2. The summed E-state index contributed by atoms with van der Waals surface area (Å²) in [5.74, 6) is 1.54. The molecule has 0 fully saturated rings. The lowest BCUT2D eigenvalue weighted by Gasteiger charge is -2.12. The molecule has 0 unspecified atom stereocenters. The number of imidazole rings is 1. The van der Waals surface area contributed by atoms with E-state index in [0.717, 1.165) is 35.6 Å². The van der Waals surface area contributed by atoms with E-state index in [1.165, 1.54) is 0 Å². The van der Waals surface area contributed by atoms with Crippen molar-refractivity contribution in [3.63, 3.8) is 0 Å². The van der Waals surface area contributed by atoms with E-state index in [9.17, 15) is 4.79 Å². The molecule has 20 heavy (non-hydrogen) atoms. The first-order valence-electron chi connectivity index (χ1n) is 6.88. The molecule has 108 valence electrons. The smallest absolute Gasteiger partial charge is 0.323 e. The van der Waals surface area contributed by atoms with Gasteiger partial charge in [-0.25, -0.2) is 4.79 Å². The molecule has 5 heteroatoms. The van der Waals surface area contributed by atoms with E-state index in [4.69, 9.17) is 9.47 Å². The summed E-state index contributed by atoms with van der Waals surface area (Å²) in [6.45, 7) is 5.12. The van der Waals surface area contributed by atoms with Crippen LogP contribution in [0.4, 0.5) is 0 Å². The Kier molecular flexibility index (Phi) is 4.87. The van der Waals surface area contributed by atoms with E-state index in [-0.39, 0.29) is 5.69 Å². The summed E-state index contributed by atoms with van der Waals surface area (Å²) in [6.07, 6.45) is 3.32. The zero-order valence-corrected chi connectivity index (χ0v) is 11.9. The number of nitrogens with one attached hydrogen (secondary N) is 2. The van der Waals surface area contributed by atoms with Crippen molar-refractivity contribution >= 4 is 0 Å². The average molecular weight is 276 g/mol. The van der Waals surface area contributed by atoms with E-state index in [1.807, 2.05) is 32.0 Å². The molecule has 1 heterocycles. The Morgan fingerprint density at radius 3 is 2.45 bits per heavy atom. The van der Waals surface area contributed by atoms with Crippen molar-refractivity contribution in [1.29, 1.82) is 0 Å². The fraction of sp³-hybridized carbons (Fsp3) is 0.400. The van der Waals surface area contributed by atoms with Crippen LogP contribution in [0.25, 0.3) is 0 Å². The monoisotopic (exact) mass is 276 g/mol. The van der Waals surface area contributed by atoms with Crippen LogP contribution in [0.2, 0.25) is 0 Å². The van der Waals surface area contributed by atoms with Crippen LogP contribution >= 0.6 is 0 Å². The Hall–Kier alpha value is -2.17. The van der Waals surface area contributed by atoms with Gasteiger partial charge in [-0.15, -0.1) is 0 Å². The first-order valence-corrected chi connectivity index (χ1v) is 6.88. The van der Waals surface area contributed by atoms with Crippen molar-refractivity contribution in [1.82, 2.24) is 9.97 Å². The van der Waals surface area contributed by atoms with Gasteiger partial charge in [0.05, 0.1) is 13.2 Å². The van der Waals surface area contributed by atoms with Gasteiger partial charge in [-0.05, 0) is 44.4 Å². The topological polar surface area (TPSA) is 67.1 Å². The molecule has 0 saturated heterocycles. The first kappa shape index (κ1) is 14.2. The van der Waals surface area contributed by atoms with E-state index in [2.05, 4.69) is 9.97 Å². The summed E-state index contributed by atoms with van der Waals surface area (Å²) in [5, 5.41) is 0. The highest BCUT2D eigenvalue weighted by Gasteiger charge is 2.06. The predicted octanol–water partition coefficient (Wildman–Crippen LogP) is 2.29. The second-order valence-electron chi connectivity index (χ2n) is 4.42. The minimum absolute atomic E-state index is 0.165. The maximum Gasteiger partial charge on any atom is 0.323 e. The average Bonchev–Trinajstić information content (AvgIpc) is 2.85.